The highest BCUT2D eigenvalue weighted by Crippen LogP contribution is 2.23. The van der Waals surface area contributed by atoms with E-state index in [0.29, 0.717) is 11.5 Å². The summed E-state index contributed by atoms with van der Waals surface area (Å²) in [5.74, 6) is 0.421. The van der Waals surface area contributed by atoms with Crippen LogP contribution in [-0.4, -0.2) is 61.0 Å². The molecule has 0 unspecified atom stereocenters. The molecule has 1 amide bonds. The SMILES string of the molecule is CCN(CC)c1ccc(NC(=O)c2cc(NCCCN(C)C)ncn2)c(C)c1. The van der Waals surface area contributed by atoms with E-state index in [9.17, 15) is 4.79 Å². The predicted octanol–water partition coefficient (Wildman–Crippen LogP) is 3.25. The Morgan fingerprint density at radius 3 is 2.50 bits per heavy atom. The van der Waals surface area contributed by atoms with E-state index in [4.69, 9.17) is 0 Å². The van der Waals surface area contributed by atoms with Crippen molar-refractivity contribution in [1.29, 1.82) is 0 Å². The molecule has 0 fully saturated rings. The van der Waals surface area contributed by atoms with Gasteiger partial charge in [0.15, 0.2) is 0 Å². The van der Waals surface area contributed by atoms with Crippen molar-refractivity contribution in [3.63, 3.8) is 0 Å². The van der Waals surface area contributed by atoms with Crippen molar-refractivity contribution in [2.45, 2.75) is 27.2 Å². The van der Waals surface area contributed by atoms with E-state index in [-0.39, 0.29) is 5.91 Å². The van der Waals surface area contributed by atoms with Gasteiger partial charge in [0, 0.05) is 37.1 Å². The van der Waals surface area contributed by atoms with Crippen molar-refractivity contribution in [1.82, 2.24) is 14.9 Å². The summed E-state index contributed by atoms with van der Waals surface area (Å²) in [6.45, 7) is 9.96. The lowest BCUT2D eigenvalue weighted by Gasteiger charge is -2.22. The Labute approximate surface area is 168 Å². The van der Waals surface area contributed by atoms with Crippen LogP contribution < -0.4 is 15.5 Å². The monoisotopic (exact) mass is 384 g/mol. The number of nitrogens with zero attached hydrogens (tertiary/aromatic N) is 4. The second-order valence-corrected chi connectivity index (χ2v) is 7.00. The third kappa shape index (κ3) is 6.20. The van der Waals surface area contributed by atoms with Crippen LogP contribution in [-0.2, 0) is 0 Å². The van der Waals surface area contributed by atoms with Crippen molar-refractivity contribution in [3.05, 3.63) is 41.9 Å². The quantitative estimate of drug-likeness (QED) is 0.613. The van der Waals surface area contributed by atoms with Gasteiger partial charge in [-0.05, 0) is 71.6 Å². The minimum absolute atomic E-state index is 0.238. The number of aryl methyl sites for hydroxylation is 1. The molecule has 1 aromatic carbocycles. The van der Waals surface area contributed by atoms with Crippen LogP contribution in [0.25, 0.3) is 0 Å². The fraction of sp³-hybridized carbons (Fsp3) is 0.476. The number of carbonyl (C=O) groups excluding carboxylic acids is 1. The molecule has 0 aliphatic rings. The molecule has 2 rings (SSSR count). The van der Waals surface area contributed by atoms with Crippen molar-refractivity contribution in [3.8, 4) is 0 Å². The zero-order chi connectivity index (χ0) is 20.5. The van der Waals surface area contributed by atoms with Crippen LogP contribution in [0.4, 0.5) is 17.2 Å². The predicted molar refractivity (Wildman–Crippen MR) is 116 cm³/mol. The molecule has 7 heteroatoms. The van der Waals surface area contributed by atoms with Crippen LogP contribution >= 0.6 is 0 Å². The summed E-state index contributed by atoms with van der Waals surface area (Å²) in [7, 11) is 4.09. The Hall–Kier alpha value is -2.67. The molecule has 7 nitrogen and oxygen atoms in total. The van der Waals surface area contributed by atoms with Gasteiger partial charge in [-0.2, -0.15) is 0 Å². The van der Waals surface area contributed by atoms with Gasteiger partial charge >= 0.3 is 0 Å². The number of nitrogens with one attached hydrogen (secondary N) is 2. The summed E-state index contributed by atoms with van der Waals surface area (Å²) in [6.07, 6.45) is 2.41. The topological polar surface area (TPSA) is 73.4 Å². The van der Waals surface area contributed by atoms with Gasteiger partial charge in [0.1, 0.15) is 17.8 Å². The Balaban J connectivity index is 2.01. The molecule has 0 bridgehead atoms. The highest BCUT2D eigenvalue weighted by molar-refractivity contribution is 6.03. The first-order chi connectivity index (χ1) is 13.4. The maximum Gasteiger partial charge on any atom is 0.274 e. The standard InChI is InChI=1S/C21H32N6O/c1-6-27(7-2)17-9-10-18(16(3)13-17)25-21(28)19-14-20(24-15-23-19)22-11-8-12-26(4)5/h9-10,13-15H,6-8,11-12H2,1-5H3,(H,25,28)(H,22,23,24). The molecule has 0 saturated carbocycles. The van der Waals surface area contributed by atoms with Gasteiger partial charge in [-0.15, -0.1) is 0 Å². The van der Waals surface area contributed by atoms with Gasteiger partial charge in [-0.25, -0.2) is 9.97 Å². The van der Waals surface area contributed by atoms with E-state index in [1.807, 2.05) is 33.2 Å². The van der Waals surface area contributed by atoms with Crippen molar-refractivity contribution in [2.24, 2.45) is 0 Å². The fourth-order valence-corrected chi connectivity index (χ4v) is 2.95. The van der Waals surface area contributed by atoms with E-state index >= 15 is 0 Å². The minimum Gasteiger partial charge on any atom is -0.372 e. The summed E-state index contributed by atoms with van der Waals surface area (Å²) in [4.78, 5) is 25.3. The first-order valence-corrected chi connectivity index (χ1v) is 9.82. The summed E-state index contributed by atoms with van der Waals surface area (Å²) >= 11 is 0. The van der Waals surface area contributed by atoms with Gasteiger partial charge in [-0.3, -0.25) is 4.79 Å². The number of benzene rings is 1. The second-order valence-electron chi connectivity index (χ2n) is 7.00. The van der Waals surface area contributed by atoms with E-state index in [1.165, 1.54) is 6.33 Å². The highest BCUT2D eigenvalue weighted by atomic mass is 16.1. The molecule has 0 spiro atoms. The van der Waals surface area contributed by atoms with E-state index in [1.54, 1.807) is 6.07 Å². The number of rotatable bonds is 10. The van der Waals surface area contributed by atoms with E-state index in [0.717, 1.165) is 49.5 Å². The number of hydrogen-bond donors (Lipinski definition) is 2. The zero-order valence-corrected chi connectivity index (χ0v) is 17.6. The van der Waals surface area contributed by atoms with E-state index in [2.05, 4.69) is 50.3 Å². The van der Waals surface area contributed by atoms with Crippen LogP contribution in [0.15, 0.2) is 30.6 Å². The number of anilines is 3. The fourth-order valence-electron chi connectivity index (χ4n) is 2.95. The molecular weight excluding hydrogens is 352 g/mol. The molecule has 28 heavy (non-hydrogen) atoms. The molecule has 2 aromatic rings. The van der Waals surface area contributed by atoms with Crippen LogP contribution in [0, 0.1) is 6.92 Å². The summed E-state index contributed by atoms with van der Waals surface area (Å²) in [5.41, 5.74) is 3.32. The Morgan fingerprint density at radius 1 is 1.11 bits per heavy atom. The van der Waals surface area contributed by atoms with Gasteiger partial charge in [0.05, 0.1) is 0 Å². The maximum absolute atomic E-state index is 12.6. The molecule has 0 aliphatic heterocycles. The maximum atomic E-state index is 12.6. The molecular formula is C21H32N6O. The van der Waals surface area contributed by atoms with Gasteiger partial charge in [0.25, 0.3) is 5.91 Å². The van der Waals surface area contributed by atoms with Crippen LogP contribution in [0.5, 0.6) is 0 Å². The number of hydrogen-bond acceptors (Lipinski definition) is 6. The van der Waals surface area contributed by atoms with Crippen LogP contribution in [0.2, 0.25) is 0 Å². The van der Waals surface area contributed by atoms with Crippen molar-refractivity contribution >= 4 is 23.1 Å². The van der Waals surface area contributed by atoms with Crippen LogP contribution in [0.3, 0.4) is 0 Å². The highest BCUT2D eigenvalue weighted by Gasteiger charge is 2.12. The van der Waals surface area contributed by atoms with Gasteiger partial charge < -0.3 is 20.4 Å². The van der Waals surface area contributed by atoms with Crippen molar-refractivity contribution in [2.75, 3.05) is 55.8 Å². The average Bonchev–Trinajstić information content (AvgIpc) is 2.68. The van der Waals surface area contributed by atoms with Gasteiger partial charge in [-0.1, -0.05) is 0 Å². The summed E-state index contributed by atoms with van der Waals surface area (Å²) < 4.78 is 0. The number of aromatic nitrogens is 2. The molecule has 0 aliphatic carbocycles. The first kappa shape index (κ1) is 21.6. The molecule has 2 N–H and O–H groups in total. The molecule has 0 radical (unpaired) electrons. The third-order valence-corrected chi connectivity index (χ3v) is 4.57. The normalized spacial score (nSPS) is 10.8. The molecule has 0 saturated heterocycles. The lowest BCUT2D eigenvalue weighted by Crippen LogP contribution is -2.22. The molecule has 1 aromatic heterocycles. The van der Waals surface area contributed by atoms with E-state index < -0.39 is 0 Å². The summed E-state index contributed by atoms with van der Waals surface area (Å²) in [5, 5.41) is 6.20. The molecule has 1 heterocycles. The van der Waals surface area contributed by atoms with Gasteiger partial charge in [0.2, 0.25) is 0 Å². The summed E-state index contributed by atoms with van der Waals surface area (Å²) in [6, 6.07) is 7.76. The Morgan fingerprint density at radius 2 is 1.86 bits per heavy atom. The zero-order valence-electron chi connectivity index (χ0n) is 17.6. The largest absolute Gasteiger partial charge is 0.372 e. The smallest absolute Gasteiger partial charge is 0.274 e. The average molecular weight is 385 g/mol. The first-order valence-electron chi connectivity index (χ1n) is 9.82. The van der Waals surface area contributed by atoms with Crippen molar-refractivity contribution < 1.29 is 4.79 Å². The molecule has 152 valence electrons. The lowest BCUT2D eigenvalue weighted by atomic mass is 10.1. The number of carbonyl (C=O) groups is 1. The van der Waals surface area contributed by atoms with Crippen LogP contribution in [0.1, 0.15) is 36.3 Å². The third-order valence-electron chi connectivity index (χ3n) is 4.57. The number of amides is 1. The molecule has 0 atom stereocenters. The lowest BCUT2D eigenvalue weighted by molar-refractivity contribution is 0.102. The Kier molecular flexibility index (Phi) is 8.19. The minimum atomic E-state index is -0.238. The second kappa shape index (κ2) is 10.6. The Bertz CT molecular complexity index is 773.